The van der Waals surface area contributed by atoms with Crippen LogP contribution in [0.1, 0.15) is 30.3 Å². The maximum absolute atomic E-state index is 5.53. The van der Waals surface area contributed by atoms with Crippen molar-refractivity contribution in [2.45, 2.75) is 25.5 Å². The molecule has 5 nitrogen and oxygen atoms in total. The standard InChI is InChI=1S/C12H19N3O2/c1-16-6-4-13-7-10-8-14-12(15-9-10)11-3-2-5-17-11/h8-9,11,13H,2-7H2,1H3. The average molecular weight is 237 g/mol. The van der Waals surface area contributed by atoms with Crippen LogP contribution in [0.4, 0.5) is 0 Å². The summed E-state index contributed by atoms with van der Waals surface area (Å²) in [6.45, 7) is 3.16. The Morgan fingerprint density at radius 1 is 1.47 bits per heavy atom. The molecule has 0 radical (unpaired) electrons. The Hall–Kier alpha value is -1.04. The van der Waals surface area contributed by atoms with E-state index in [0.717, 1.165) is 50.5 Å². The van der Waals surface area contributed by atoms with Gasteiger partial charge in [0, 0.05) is 44.8 Å². The number of hydrogen-bond donors (Lipinski definition) is 1. The van der Waals surface area contributed by atoms with Gasteiger partial charge in [-0.2, -0.15) is 0 Å². The molecule has 1 atom stereocenters. The largest absolute Gasteiger partial charge is 0.383 e. The lowest BCUT2D eigenvalue weighted by Crippen LogP contribution is -2.19. The fourth-order valence-electron chi connectivity index (χ4n) is 1.81. The first-order valence-corrected chi connectivity index (χ1v) is 6.02. The lowest BCUT2D eigenvalue weighted by atomic mass is 10.2. The average Bonchev–Trinajstić information content (AvgIpc) is 2.89. The summed E-state index contributed by atoms with van der Waals surface area (Å²) in [6, 6.07) is 0. The second-order valence-corrected chi connectivity index (χ2v) is 4.12. The highest BCUT2D eigenvalue weighted by atomic mass is 16.5. The Morgan fingerprint density at radius 3 is 2.94 bits per heavy atom. The van der Waals surface area contributed by atoms with Gasteiger partial charge in [0.25, 0.3) is 0 Å². The quantitative estimate of drug-likeness (QED) is 0.750. The summed E-state index contributed by atoms with van der Waals surface area (Å²) >= 11 is 0. The smallest absolute Gasteiger partial charge is 0.157 e. The van der Waals surface area contributed by atoms with Gasteiger partial charge in [0.15, 0.2) is 5.82 Å². The molecule has 17 heavy (non-hydrogen) atoms. The zero-order valence-corrected chi connectivity index (χ0v) is 10.2. The lowest BCUT2D eigenvalue weighted by molar-refractivity contribution is 0.105. The number of rotatable bonds is 6. The fourth-order valence-corrected chi connectivity index (χ4v) is 1.81. The van der Waals surface area contributed by atoms with E-state index in [4.69, 9.17) is 9.47 Å². The first-order chi connectivity index (χ1) is 8.40. The predicted molar refractivity (Wildman–Crippen MR) is 63.5 cm³/mol. The summed E-state index contributed by atoms with van der Waals surface area (Å²) in [5.74, 6) is 0.808. The molecule has 0 aromatic carbocycles. The van der Waals surface area contributed by atoms with Gasteiger partial charge >= 0.3 is 0 Å². The Balaban J connectivity index is 1.80. The Morgan fingerprint density at radius 2 is 2.29 bits per heavy atom. The number of nitrogens with one attached hydrogen (secondary N) is 1. The minimum atomic E-state index is 0.102. The summed E-state index contributed by atoms with van der Waals surface area (Å²) in [5, 5.41) is 3.26. The highest BCUT2D eigenvalue weighted by molar-refractivity contribution is 5.06. The summed E-state index contributed by atoms with van der Waals surface area (Å²) in [6.07, 6.45) is 5.97. The van der Waals surface area contributed by atoms with Crippen molar-refractivity contribution in [3.8, 4) is 0 Å². The molecule has 1 aliphatic heterocycles. The van der Waals surface area contributed by atoms with Gasteiger partial charge < -0.3 is 14.8 Å². The molecule has 1 saturated heterocycles. The van der Waals surface area contributed by atoms with Crippen molar-refractivity contribution < 1.29 is 9.47 Å². The summed E-state index contributed by atoms with van der Waals surface area (Å²) in [7, 11) is 1.70. The molecule has 5 heteroatoms. The fraction of sp³-hybridized carbons (Fsp3) is 0.667. The molecule has 0 amide bonds. The highest BCUT2D eigenvalue weighted by Crippen LogP contribution is 2.25. The third-order valence-corrected chi connectivity index (χ3v) is 2.76. The van der Waals surface area contributed by atoms with E-state index < -0.39 is 0 Å². The lowest BCUT2D eigenvalue weighted by Gasteiger charge is -2.08. The minimum absolute atomic E-state index is 0.102. The van der Waals surface area contributed by atoms with Gasteiger partial charge in [-0.3, -0.25) is 0 Å². The van der Waals surface area contributed by atoms with Gasteiger partial charge in [0.05, 0.1) is 6.61 Å². The van der Waals surface area contributed by atoms with Gasteiger partial charge in [0.2, 0.25) is 0 Å². The third-order valence-electron chi connectivity index (χ3n) is 2.76. The van der Waals surface area contributed by atoms with Crippen LogP contribution in [0, 0.1) is 0 Å². The van der Waals surface area contributed by atoms with Crippen LogP contribution in [0.3, 0.4) is 0 Å². The molecule has 2 heterocycles. The van der Waals surface area contributed by atoms with Gasteiger partial charge in [-0.05, 0) is 12.8 Å². The molecule has 2 rings (SSSR count). The zero-order chi connectivity index (χ0) is 11.9. The first-order valence-electron chi connectivity index (χ1n) is 6.02. The summed E-state index contributed by atoms with van der Waals surface area (Å²) in [4.78, 5) is 8.70. The third kappa shape index (κ3) is 3.73. The number of nitrogens with zero attached hydrogens (tertiary/aromatic N) is 2. The van der Waals surface area contributed by atoms with E-state index in [1.165, 1.54) is 0 Å². The molecule has 1 fully saturated rings. The molecule has 94 valence electrons. The van der Waals surface area contributed by atoms with Gasteiger partial charge in [-0.25, -0.2) is 9.97 Å². The van der Waals surface area contributed by atoms with Crippen LogP contribution in [-0.2, 0) is 16.0 Å². The first kappa shape index (κ1) is 12.4. The molecule has 0 saturated carbocycles. The van der Waals surface area contributed by atoms with Gasteiger partial charge in [-0.15, -0.1) is 0 Å². The topological polar surface area (TPSA) is 56.3 Å². The number of ether oxygens (including phenoxy) is 2. The molecule has 1 aliphatic rings. The predicted octanol–water partition coefficient (Wildman–Crippen LogP) is 1.06. The monoisotopic (exact) mass is 237 g/mol. The van der Waals surface area contributed by atoms with Crippen LogP contribution in [0.2, 0.25) is 0 Å². The number of hydrogen-bond acceptors (Lipinski definition) is 5. The van der Waals surface area contributed by atoms with E-state index in [-0.39, 0.29) is 6.10 Å². The summed E-state index contributed by atoms with van der Waals surface area (Å²) in [5.41, 5.74) is 1.09. The van der Waals surface area contributed by atoms with E-state index >= 15 is 0 Å². The van der Waals surface area contributed by atoms with E-state index in [9.17, 15) is 0 Å². The van der Waals surface area contributed by atoms with Crippen LogP contribution in [0.15, 0.2) is 12.4 Å². The Bertz CT molecular complexity index is 323. The second-order valence-electron chi connectivity index (χ2n) is 4.12. The van der Waals surface area contributed by atoms with E-state index in [1.807, 2.05) is 12.4 Å². The van der Waals surface area contributed by atoms with E-state index in [0.29, 0.717) is 0 Å². The number of methoxy groups -OCH3 is 1. The maximum Gasteiger partial charge on any atom is 0.157 e. The molecule has 0 spiro atoms. The highest BCUT2D eigenvalue weighted by Gasteiger charge is 2.19. The zero-order valence-electron chi connectivity index (χ0n) is 10.2. The van der Waals surface area contributed by atoms with Crippen LogP contribution in [-0.4, -0.2) is 36.8 Å². The minimum Gasteiger partial charge on any atom is -0.383 e. The molecular weight excluding hydrogens is 218 g/mol. The summed E-state index contributed by atoms with van der Waals surface area (Å²) < 4.78 is 10.5. The molecule has 0 aliphatic carbocycles. The molecular formula is C12H19N3O2. The van der Waals surface area contributed by atoms with E-state index in [2.05, 4.69) is 15.3 Å². The van der Waals surface area contributed by atoms with Crippen molar-refractivity contribution in [1.82, 2.24) is 15.3 Å². The molecule has 1 aromatic rings. The van der Waals surface area contributed by atoms with Crippen molar-refractivity contribution in [2.75, 3.05) is 26.9 Å². The normalized spacial score (nSPS) is 19.7. The van der Waals surface area contributed by atoms with Crippen LogP contribution in [0.5, 0.6) is 0 Å². The van der Waals surface area contributed by atoms with Gasteiger partial charge in [-0.1, -0.05) is 0 Å². The Kier molecular flexibility index (Phi) is 4.85. The maximum atomic E-state index is 5.53. The van der Waals surface area contributed by atoms with Crippen LogP contribution >= 0.6 is 0 Å². The van der Waals surface area contributed by atoms with Crippen molar-refractivity contribution >= 4 is 0 Å². The molecule has 1 unspecified atom stereocenters. The van der Waals surface area contributed by atoms with Crippen molar-refractivity contribution in [3.63, 3.8) is 0 Å². The second kappa shape index (κ2) is 6.64. The van der Waals surface area contributed by atoms with Crippen LogP contribution in [0.25, 0.3) is 0 Å². The van der Waals surface area contributed by atoms with Gasteiger partial charge in [0.1, 0.15) is 6.10 Å². The molecule has 0 bridgehead atoms. The molecule has 1 N–H and O–H groups in total. The Labute approximate surface area is 102 Å². The van der Waals surface area contributed by atoms with E-state index in [1.54, 1.807) is 7.11 Å². The number of aromatic nitrogens is 2. The molecule has 1 aromatic heterocycles. The van der Waals surface area contributed by atoms with Crippen molar-refractivity contribution in [1.29, 1.82) is 0 Å². The SMILES string of the molecule is COCCNCc1cnc(C2CCCO2)nc1. The van der Waals surface area contributed by atoms with Crippen molar-refractivity contribution in [2.24, 2.45) is 0 Å². The van der Waals surface area contributed by atoms with Crippen LogP contribution < -0.4 is 5.32 Å². The van der Waals surface area contributed by atoms with Crippen molar-refractivity contribution in [3.05, 3.63) is 23.8 Å².